The molecule has 0 fully saturated rings. The Balaban J connectivity index is 2.43. The first-order chi connectivity index (χ1) is 8.61. The van der Waals surface area contributed by atoms with Crippen LogP contribution < -0.4 is 0 Å². The molecular formula is C16H17NO. The highest BCUT2D eigenvalue weighted by molar-refractivity contribution is 5.77. The van der Waals surface area contributed by atoms with Crippen LogP contribution in [0.2, 0.25) is 0 Å². The van der Waals surface area contributed by atoms with E-state index in [1.54, 1.807) is 18.5 Å². The molecule has 0 aliphatic heterocycles. The molecule has 0 aliphatic rings. The number of aromatic nitrogens is 1. The van der Waals surface area contributed by atoms with E-state index in [9.17, 15) is 4.79 Å². The molecule has 1 heterocycles. The molecule has 0 N–H and O–H groups in total. The highest BCUT2D eigenvalue weighted by Gasteiger charge is 2.08. The Kier molecular flexibility index (Phi) is 3.56. The first kappa shape index (κ1) is 12.5. The van der Waals surface area contributed by atoms with Crippen molar-refractivity contribution in [2.45, 2.75) is 27.2 Å². The summed E-state index contributed by atoms with van der Waals surface area (Å²) in [6, 6.07) is 6.12. The molecule has 0 spiro atoms. The lowest BCUT2D eigenvalue weighted by Gasteiger charge is -2.12. The Hall–Kier alpha value is -1.96. The number of carbonyl (C=O) groups is 1. The number of rotatable bonds is 3. The van der Waals surface area contributed by atoms with Gasteiger partial charge in [-0.25, -0.2) is 0 Å². The third kappa shape index (κ3) is 2.48. The van der Waals surface area contributed by atoms with Gasteiger partial charge in [0.25, 0.3) is 0 Å². The summed E-state index contributed by atoms with van der Waals surface area (Å²) in [4.78, 5) is 15.1. The largest absolute Gasteiger partial charge is 0.298 e. The maximum atomic E-state index is 11.0. The van der Waals surface area contributed by atoms with Gasteiger partial charge in [-0.3, -0.25) is 9.78 Å². The zero-order chi connectivity index (χ0) is 13.1. The molecule has 1 aromatic heterocycles. The summed E-state index contributed by atoms with van der Waals surface area (Å²) < 4.78 is 0. The SMILES string of the molecule is Cc1cc(C)c(Cc2cnccc2C=O)c(C)c1. The lowest BCUT2D eigenvalue weighted by Crippen LogP contribution is -2.00. The van der Waals surface area contributed by atoms with Crippen LogP contribution in [0, 0.1) is 20.8 Å². The van der Waals surface area contributed by atoms with Gasteiger partial charge in [-0.1, -0.05) is 17.7 Å². The molecule has 0 amide bonds. The second-order valence-corrected chi connectivity index (χ2v) is 4.75. The molecule has 2 heteroatoms. The van der Waals surface area contributed by atoms with E-state index in [0.717, 1.165) is 23.8 Å². The minimum atomic E-state index is 0.726. The number of benzene rings is 1. The smallest absolute Gasteiger partial charge is 0.150 e. The maximum Gasteiger partial charge on any atom is 0.150 e. The van der Waals surface area contributed by atoms with Crippen LogP contribution in [0.25, 0.3) is 0 Å². The van der Waals surface area contributed by atoms with Gasteiger partial charge in [0.05, 0.1) is 0 Å². The summed E-state index contributed by atoms with van der Waals surface area (Å²) in [6.07, 6.45) is 5.10. The molecule has 2 aromatic rings. The monoisotopic (exact) mass is 239 g/mol. The van der Waals surface area contributed by atoms with Crippen molar-refractivity contribution in [1.82, 2.24) is 4.98 Å². The van der Waals surface area contributed by atoms with E-state index in [4.69, 9.17) is 0 Å². The predicted octanol–water partition coefficient (Wildman–Crippen LogP) is 3.41. The van der Waals surface area contributed by atoms with Crippen molar-refractivity contribution in [2.75, 3.05) is 0 Å². The van der Waals surface area contributed by atoms with Gasteiger partial charge in [0.2, 0.25) is 0 Å². The molecule has 92 valence electrons. The van der Waals surface area contributed by atoms with Crippen molar-refractivity contribution in [3.05, 3.63) is 64.0 Å². The maximum absolute atomic E-state index is 11.0. The van der Waals surface area contributed by atoms with Gasteiger partial charge in [0.1, 0.15) is 6.29 Å². The molecule has 0 saturated heterocycles. The topological polar surface area (TPSA) is 30.0 Å². The summed E-state index contributed by atoms with van der Waals surface area (Å²) in [5.41, 5.74) is 6.82. The van der Waals surface area contributed by atoms with E-state index in [-0.39, 0.29) is 0 Å². The summed E-state index contributed by atoms with van der Waals surface area (Å²) in [5.74, 6) is 0. The first-order valence-electron chi connectivity index (χ1n) is 6.06. The molecule has 0 saturated carbocycles. The number of hydrogen-bond donors (Lipinski definition) is 0. The highest BCUT2D eigenvalue weighted by atomic mass is 16.1. The summed E-state index contributed by atoms with van der Waals surface area (Å²) >= 11 is 0. The zero-order valence-electron chi connectivity index (χ0n) is 11.0. The normalized spacial score (nSPS) is 10.4. The molecule has 1 aromatic carbocycles. The van der Waals surface area contributed by atoms with Gasteiger partial charge in [-0.05, 0) is 49.1 Å². The fraction of sp³-hybridized carbons (Fsp3) is 0.250. The molecule has 0 bridgehead atoms. The van der Waals surface area contributed by atoms with E-state index in [0.29, 0.717) is 0 Å². The predicted molar refractivity (Wildman–Crippen MR) is 73.1 cm³/mol. The summed E-state index contributed by atoms with van der Waals surface area (Å²) in [7, 11) is 0. The number of hydrogen-bond acceptors (Lipinski definition) is 2. The van der Waals surface area contributed by atoms with Crippen LogP contribution in [-0.4, -0.2) is 11.3 Å². The van der Waals surface area contributed by atoms with Crippen molar-refractivity contribution in [1.29, 1.82) is 0 Å². The van der Waals surface area contributed by atoms with Crippen molar-refractivity contribution in [3.63, 3.8) is 0 Å². The molecule has 2 nitrogen and oxygen atoms in total. The summed E-state index contributed by atoms with van der Waals surface area (Å²) in [6.45, 7) is 6.34. The lowest BCUT2D eigenvalue weighted by molar-refractivity contribution is 0.112. The standard InChI is InChI=1S/C16H17NO/c1-11-6-12(2)16(13(3)7-11)8-15-9-17-5-4-14(15)10-18/h4-7,9-10H,8H2,1-3H3. The Labute approximate surface area is 108 Å². The number of carbonyl (C=O) groups excluding carboxylic acids is 1. The van der Waals surface area contributed by atoms with Crippen LogP contribution in [0.5, 0.6) is 0 Å². The Morgan fingerprint density at radius 3 is 2.44 bits per heavy atom. The fourth-order valence-electron chi connectivity index (χ4n) is 2.38. The Morgan fingerprint density at radius 2 is 1.83 bits per heavy atom. The minimum absolute atomic E-state index is 0.726. The van der Waals surface area contributed by atoms with Gasteiger partial charge in [-0.15, -0.1) is 0 Å². The van der Waals surface area contributed by atoms with Crippen LogP contribution in [-0.2, 0) is 6.42 Å². The molecule has 0 aliphatic carbocycles. The zero-order valence-corrected chi connectivity index (χ0v) is 11.0. The van der Waals surface area contributed by atoms with Crippen LogP contribution in [0.4, 0.5) is 0 Å². The van der Waals surface area contributed by atoms with Crippen LogP contribution in [0.1, 0.15) is 38.2 Å². The molecule has 18 heavy (non-hydrogen) atoms. The van der Waals surface area contributed by atoms with Gasteiger partial charge >= 0.3 is 0 Å². The van der Waals surface area contributed by atoms with Crippen molar-refractivity contribution in [3.8, 4) is 0 Å². The van der Waals surface area contributed by atoms with Gasteiger partial charge in [0.15, 0.2) is 0 Å². The molecular weight excluding hydrogens is 222 g/mol. The molecule has 0 atom stereocenters. The van der Waals surface area contributed by atoms with Crippen molar-refractivity contribution < 1.29 is 4.79 Å². The summed E-state index contributed by atoms with van der Waals surface area (Å²) in [5, 5.41) is 0. The van der Waals surface area contributed by atoms with E-state index >= 15 is 0 Å². The second-order valence-electron chi connectivity index (χ2n) is 4.75. The third-order valence-electron chi connectivity index (χ3n) is 3.28. The number of aryl methyl sites for hydroxylation is 3. The van der Waals surface area contributed by atoms with Crippen LogP contribution >= 0.6 is 0 Å². The van der Waals surface area contributed by atoms with Crippen molar-refractivity contribution in [2.24, 2.45) is 0 Å². The lowest BCUT2D eigenvalue weighted by atomic mass is 9.93. The second kappa shape index (κ2) is 5.13. The van der Waals surface area contributed by atoms with E-state index in [1.807, 2.05) is 0 Å². The fourth-order valence-corrected chi connectivity index (χ4v) is 2.38. The van der Waals surface area contributed by atoms with Gasteiger partial charge in [-0.2, -0.15) is 0 Å². The average Bonchev–Trinajstić information content (AvgIpc) is 2.34. The minimum Gasteiger partial charge on any atom is -0.298 e. The molecule has 0 radical (unpaired) electrons. The van der Waals surface area contributed by atoms with Crippen LogP contribution in [0.3, 0.4) is 0 Å². The van der Waals surface area contributed by atoms with E-state index in [2.05, 4.69) is 37.9 Å². The number of aldehydes is 1. The van der Waals surface area contributed by atoms with Crippen molar-refractivity contribution >= 4 is 6.29 Å². The van der Waals surface area contributed by atoms with E-state index < -0.39 is 0 Å². The Morgan fingerprint density at radius 1 is 1.17 bits per heavy atom. The van der Waals surface area contributed by atoms with E-state index in [1.165, 1.54) is 22.3 Å². The Bertz CT molecular complexity index is 564. The molecule has 0 unspecified atom stereocenters. The highest BCUT2D eigenvalue weighted by Crippen LogP contribution is 2.20. The molecule has 2 rings (SSSR count). The number of nitrogens with zero attached hydrogens (tertiary/aromatic N) is 1. The third-order valence-corrected chi connectivity index (χ3v) is 3.28. The van der Waals surface area contributed by atoms with Gasteiger partial charge < -0.3 is 0 Å². The number of pyridine rings is 1. The first-order valence-corrected chi connectivity index (χ1v) is 6.06. The quantitative estimate of drug-likeness (QED) is 0.768. The average molecular weight is 239 g/mol. The van der Waals surface area contributed by atoms with Gasteiger partial charge in [0, 0.05) is 24.4 Å². The van der Waals surface area contributed by atoms with Crippen LogP contribution in [0.15, 0.2) is 30.6 Å².